The molecule has 0 spiro atoms. The highest BCUT2D eigenvalue weighted by molar-refractivity contribution is 6.35. The molecule has 4 aromatic rings. The van der Waals surface area contributed by atoms with Gasteiger partial charge in [0.25, 0.3) is 0 Å². The van der Waals surface area contributed by atoms with E-state index in [9.17, 15) is 4.39 Å². The van der Waals surface area contributed by atoms with Crippen LogP contribution in [-0.4, -0.2) is 36.1 Å². The lowest BCUT2D eigenvalue weighted by Crippen LogP contribution is -2.36. The van der Waals surface area contributed by atoms with Crippen molar-refractivity contribution >= 4 is 35.5 Å². The minimum Gasteiger partial charge on any atom is -0.386 e. The van der Waals surface area contributed by atoms with Crippen LogP contribution in [0, 0.1) is 18.7 Å². The van der Waals surface area contributed by atoms with Gasteiger partial charge in [0.05, 0.1) is 16.7 Å². The molecule has 3 aromatic heterocycles. The summed E-state index contributed by atoms with van der Waals surface area (Å²) in [6, 6.07) is 8.11. The quantitative estimate of drug-likeness (QED) is 0.445. The second kappa shape index (κ2) is 8.25. The van der Waals surface area contributed by atoms with E-state index in [1.165, 1.54) is 31.3 Å². The number of hydrogen-bond donors (Lipinski definition) is 2. The molecule has 172 valence electrons. The largest absolute Gasteiger partial charge is 0.386 e. The zero-order valence-corrected chi connectivity index (χ0v) is 19.2. The highest BCUT2D eigenvalue weighted by atomic mass is 35.5. The van der Waals surface area contributed by atoms with Crippen molar-refractivity contribution in [2.45, 2.75) is 26.3 Å². The molecule has 4 heterocycles. The Morgan fingerprint density at radius 3 is 2.79 bits per heavy atom. The van der Waals surface area contributed by atoms with E-state index in [1.54, 1.807) is 16.8 Å². The van der Waals surface area contributed by atoms with E-state index in [-0.39, 0.29) is 5.82 Å². The van der Waals surface area contributed by atoms with Gasteiger partial charge in [-0.3, -0.25) is 4.68 Å². The van der Waals surface area contributed by atoms with Gasteiger partial charge < -0.3 is 10.6 Å². The van der Waals surface area contributed by atoms with E-state index in [0.29, 0.717) is 28.4 Å². The zero-order valence-electron chi connectivity index (χ0n) is 18.5. The van der Waals surface area contributed by atoms with Crippen LogP contribution in [0.1, 0.15) is 18.5 Å². The van der Waals surface area contributed by atoms with Crippen molar-refractivity contribution < 1.29 is 4.39 Å². The van der Waals surface area contributed by atoms with Gasteiger partial charge in [-0.25, -0.2) is 19.0 Å². The van der Waals surface area contributed by atoms with Crippen molar-refractivity contribution in [2.75, 3.05) is 11.9 Å². The molecule has 0 atom stereocenters. The monoisotopic (exact) mass is 476 g/mol. The van der Waals surface area contributed by atoms with Gasteiger partial charge in [-0.2, -0.15) is 10.2 Å². The van der Waals surface area contributed by atoms with Crippen molar-refractivity contribution in [3.63, 3.8) is 0 Å². The van der Waals surface area contributed by atoms with Gasteiger partial charge >= 0.3 is 0 Å². The van der Waals surface area contributed by atoms with Crippen LogP contribution in [0.15, 0.2) is 36.7 Å². The Balaban J connectivity index is 1.37. The van der Waals surface area contributed by atoms with Crippen LogP contribution in [-0.2, 0) is 6.54 Å². The molecule has 2 N–H and O–H groups in total. The lowest BCUT2D eigenvalue weighted by Gasteiger charge is -2.07. The van der Waals surface area contributed by atoms with Crippen molar-refractivity contribution in [1.82, 2.24) is 34.8 Å². The summed E-state index contributed by atoms with van der Waals surface area (Å²) in [4.78, 5) is 8.78. The third-order valence-corrected chi connectivity index (χ3v) is 6.42. The molecule has 0 unspecified atom stereocenters. The number of benzene rings is 1. The zero-order chi connectivity index (χ0) is 23.2. The summed E-state index contributed by atoms with van der Waals surface area (Å²) >= 11 is 6.79. The van der Waals surface area contributed by atoms with Crippen LogP contribution in [0.4, 0.5) is 16.0 Å². The molecular formula is C24H22ClFN8. The first-order valence-corrected chi connectivity index (χ1v) is 11.6. The number of aromatic nitrogens is 6. The topological polar surface area (TPSA) is 85.5 Å². The predicted octanol–water partition coefficient (Wildman–Crippen LogP) is 2.90. The van der Waals surface area contributed by atoms with Crippen molar-refractivity contribution in [1.29, 1.82) is 0 Å². The number of aryl methyl sites for hydroxylation is 1. The number of rotatable bonds is 6. The van der Waals surface area contributed by atoms with Gasteiger partial charge in [0.2, 0.25) is 0 Å². The maximum Gasteiger partial charge on any atom is 0.173 e. The Labute approximate surface area is 199 Å². The summed E-state index contributed by atoms with van der Waals surface area (Å²) in [5.74, 6) is 1.96. The summed E-state index contributed by atoms with van der Waals surface area (Å²) in [6.07, 6.45) is 7.88. The Hall–Kier alpha value is -3.72. The standard InChI is InChI=1S/C24H22ClFN8/c1-14-18-8-9-27-11-19(18)34(31-14)21-10-20(28-13-29-21)30-24-22(25)23(16-4-6-17(26)7-5-16)33(32-24)12-15-2-3-15/h4-8,10-11,13,15,27H,2-3,9,12H2,1H3,(H,28,29,30,32). The van der Waals surface area contributed by atoms with Crippen LogP contribution in [0.25, 0.3) is 29.4 Å². The third kappa shape index (κ3) is 3.81. The Morgan fingerprint density at radius 1 is 1.18 bits per heavy atom. The summed E-state index contributed by atoms with van der Waals surface area (Å²) in [6.45, 7) is 3.52. The molecule has 0 amide bonds. The Kier molecular flexibility index (Phi) is 5.06. The maximum atomic E-state index is 13.5. The van der Waals surface area contributed by atoms with Gasteiger partial charge in [0, 0.05) is 36.1 Å². The minimum absolute atomic E-state index is 0.291. The first-order valence-electron chi connectivity index (χ1n) is 11.2. The molecule has 0 saturated heterocycles. The van der Waals surface area contributed by atoms with Gasteiger partial charge in [0.15, 0.2) is 11.6 Å². The van der Waals surface area contributed by atoms with Crippen molar-refractivity contribution in [3.8, 4) is 17.1 Å². The third-order valence-electron chi connectivity index (χ3n) is 6.06. The predicted molar refractivity (Wildman–Crippen MR) is 129 cm³/mol. The number of hydrogen-bond acceptors (Lipinski definition) is 6. The second-order valence-corrected chi connectivity index (χ2v) is 8.96. The highest BCUT2D eigenvalue weighted by Crippen LogP contribution is 2.38. The van der Waals surface area contributed by atoms with Crippen molar-refractivity contribution in [2.24, 2.45) is 5.92 Å². The second-order valence-electron chi connectivity index (χ2n) is 8.58. The van der Waals surface area contributed by atoms with Crippen LogP contribution in [0.2, 0.25) is 5.02 Å². The number of anilines is 2. The lowest BCUT2D eigenvalue weighted by atomic mass is 10.1. The molecular weight excluding hydrogens is 455 g/mol. The Bertz CT molecular complexity index is 1500. The fraction of sp³-hybridized carbons (Fsp3) is 0.250. The molecule has 1 saturated carbocycles. The van der Waals surface area contributed by atoms with E-state index < -0.39 is 0 Å². The van der Waals surface area contributed by atoms with E-state index in [1.807, 2.05) is 23.9 Å². The number of nitrogens with zero attached hydrogens (tertiary/aromatic N) is 6. The average molecular weight is 477 g/mol. The first kappa shape index (κ1) is 20.9. The normalized spacial score (nSPS) is 14.7. The molecule has 1 aliphatic heterocycles. The van der Waals surface area contributed by atoms with E-state index in [0.717, 1.165) is 40.6 Å². The molecule has 34 heavy (non-hydrogen) atoms. The van der Waals surface area contributed by atoms with Crippen LogP contribution >= 0.6 is 11.6 Å². The molecule has 6 rings (SSSR count). The summed E-state index contributed by atoms with van der Waals surface area (Å²) in [5.41, 5.74) is 2.51. The SMILES string of the molecule is Cc1nn(-c2cc(Nc3nn(CC4CC4)c(-c4ccc(F)cc4)c3Cl)ncn2)c2c1=CCNC=2. The molecule has 8 nitrogen and oxygen atoms in total. The van der Waals surface area contributed by atoms with Crippen LogP contribution in [0.3, 0.4) is 0 Å². The molecule has 1 aliphatic carbocycles. The molecule has 1 aromatic carbocycles. The van der Waals surface area contributed by atoms with Gasteiger partial charge in [-0.1, -0.05) is 17.7 Å². The minimum atomic E-state index is -0.291. The average Bonchev–Trinajstić information content (AvgIpc) is 3.53. The smallest absolute Gasteiger partial charge is 0.173 e. The molecule has 2 aliphatic rings. The van der Waals surface area contributed by atoms with Crippen molar-refractivity contribution in [3.05, 3.63) is 63.8 Å². The maximum absolute atomic E-state index is 13.5. The van der Waals surface area contributed by atoms with E-state index in [4.69, 9.17) is 16.7 Å². The Morgan fingerprint density at radius 2 is 2.00 bits per heavy atom. The lowest BCUT2D eigenvalue weighted by molar-refractivity contribution is 0.570. The van der Waals surface area contributed by atoms with E-state index >= 15 is 0 Å². The van der Waals surface area contributed by atoms with E-state index in [2.05, 4.69) is 31.8 Å². The molecule has 0 radical (unpaired) electrons. The van der Waals surface area contributed by atoms with Crippen LogP contribution in [0.5, 0.6) is 0 Å². The number of halogens is 2. The van der Waals surface area contributed by atoms with Crippen LogP contribution < -0.4 is 21.2 Å². The summed E-state index contributed by atoms with van der Waals surface area (Å²) in [5, 5.41) is 18.4. The number of nitrogens with one attached hydrogen (secondary N) is 2. The van der Waals surface area contributed by atoms with Gasteiger partial charge in [-0.15, -0.1) is 0 Å². The molecule has 1 fully saturated rings. The molecule has 0 bridgehead atoms. The van der Waals surface area contributed by atoms with Gasteiger partial charge in [-0.05, 0) is 49.9 Å². The summed E-state index contributed by atoms with van der Waals surface area (Å²) in [7, 11) is 0. The molecule has 10 heteroatoms. The van der Waals surface area contributed by atoms with Gasteiger partial charge in [0.1, 0.15) is 23.0 Å². The fourth-order valence-electron chi connectivity index (χ4n) is 4.17. The fourth-order valence-corrected chi connectivity index (χ4v) is 4.46. The summed E-state index contributed by atoms with van der Waals surface area (Å²) < 4.78 is 17.2. The number of fused-ring (bicyclic) bond motifs is 1. The first-order chi connectivity index (χ1) is 16.6. The highest BCUT2D eigenvalue weighted by Gasteiger charge is 2.26.